The van der Waals surface area contributed by atoms with Crippen LogP contribution in [-0.2, 0) is 9.84 Å². The molecule has 0 N–H and O–H groups in total. The molecule has 19 heavy (non-hydrogen) atoms. The van der Waals surface area contributed by atoms with Crippen LogP contribution < -0.4 is 0 Å². The lowest BCUT2D eigenvalue weighted by Crippen LogP contribution is -2.01. The Balaban J connectivity index is 2.50. The maximum absolute atomic E-state index is 12.2. The van der Waals surface area contributed by atoms with E-state index in [0.29, 0.717) is 4.88 Å². The molecule has 7 heteroatoms. The highest BCUT2D eigenvalue weighted by Crippen LogP contribution is 2.29. The fourth-order valence-corrected chi connectivity index (χ4v) is 4.88. The van der Waals surface area contributed by atoms with Crippen LogP contribution in [0.5, 0.6) is 0 Å². The topological polar surface area (TPSA) is 57.9 Å². The molecular weight excluding hydrogens is 318 g/mol. The molecule has 0 aliphatic heterocycles. The van der Waals surface area contributed by atoms with Crippen molar-refractivity contribution in [3.8, 4) is 6.07 Å². The first-order valence-corrected chi connectivity index (χ1v) is 8.82. The maximum atomic E-state index is 12.2. The molecule has 0 aliphatic rings. The molecule has 2 aromatic heterocycles. The average Bonchev–Trinajstić information content (AvgIpc) is 2.97. The summed E-state index contributed by atoms with van der Waals surface area (Å²) < 4.78 is 24.4. The normalized spacial score (nSPS) is 12.4. The minimum absolute atomic E-state index is 0.157. The van der Waals surface area contributed by atoms with Crippen molar-refractivity contribution < 1.29 is 8.42 Å². The lowest BCUT2D eigenvalue weighted by molar-refractivity contribution is 0.603. The highest BCUT2D eigenvalue weighted by molar-refractivity contribution is 7.95. The number of sulfone groups is 1. The molecule has 0 atom stereocenters. The average molecular weight is 327 g/mol. The molecule has 2 rings (SSSR count). The van der Waals surface area contributed by atoms with E-state index in [1.807, 2.05) is 6.92 Å². The van der Waals surface area contributed by atoms with Gasteiger partial charge in [0.05, 0.1) is 4.90 Å². The summed E-state index contributed by atoms with van der Waals surface area (Å²) in [6, 6.07) is 5.02. The lowest BCUT2D eigenvalue weighted by atomic mass is 10.4. The van der Waals surface area contributed by atoms with Crippen LogP contribution in [0.3, 0.4) is 0 Å². The van der Waals surface area contributed by atoms with Gasteiger partial charge in [-0.1, -0.05) is 0 Å². The van der Waals surface area contributed by atoms with Gasteiger partial charge in [0.2, 0.25) is 9.84 Å². The van der Waals surface area contributed by atoms with Crippen LogP contribution in [0, 0.1) is 18.3 Å². The number of hydrogen-bond acceptors (Lipinski definition) is 6. The van der Waals surface area contributed by atoms with E-state index in [-0.39, 0.29) is 9.80 Å². The van der Waals surface area contributed by atoms with E-state index in [1.165, 1.54) is 40.2 Å². The Bertz CT molecular complexity index is 742. The monoisotopic (exact) mass is 327 g/mol. The van der Waals surface area contributed by atoms with Gasteiger partial charge in [-0.05, 0) is 30.5 Å². The Labute approximate surface area is 125 Å². The zero-order valence-electron chi connectivity index (χ0n) is 9.82. The summed E-state index contributed by atoms with van der Waals surface area (Å²) in [7, 11) is -3.72. The van der Waals surface area contributed by atoms with Gasteiger partial charge in [0.15, 0.2) is 4.91 Å². The lowest BCUT2D eigenvalue weighted by Gasteiger charge is -1.98. The van der Waals surface area contributed by atoms with E-state index in [2.05, 4.69) is 12.6 Å². The van der Waals surface area contributed by atoms with Gasteiger partial charge in [0, 0.05) is 20.0 Å². The molecule has 2 heterocycles. The molecule has 0 fully saturated rings. The van der Waals surface area contributed by atoms with Crippen molar-refractivity contribution in [1.82, 2.24) is 0 Å². The van der Waals surface area contributed by atoms with Gasteiger partial charge in [-0.25, -0.2) is 8.42 Å². The number of allylic oxidation sites excluding steroid dienone is 1. The minimum Gasteiger partial charge on any atom is -0.218 e. The minimum atomic E-state index is -3.72. The Kier molecular flexibility index (Phi) is 4.16. The zero-order chi connectivity index (χ0) is 14.0. The van der Waals surface area contributed by atoms with Gasteiger partial charge >= 0.3 is 0 Å². The molecule has 3 nitrogen and oxygen atoms in total. The quantitative estimate of drug-likeness (QED) is 0.690. The van der Waals surface area contributed by atoms with Crippen LogP contribution in [0.25, 0.3) is 6.08 Å². The van der Waals surface area contributed by atoms with Crippen LogP contribution >= 0.6 is 35.3 Å². The number of aryl methyl sites for hydroxylation is 1. The van der Waals surface area contributed by atoms with Gasteiger partial charge in [-0.15, -0.1) is 24.0 Å². The van der Waals surface area contributed by atoms with Crippen molar-refractivity contribution in [2.45, 2.75) is 16.7 Å². The molecule has 98 valence electrons. The molecule has 0 aliphatic carbocycles. The van der Waals surface area contributed by atoms with Crippen LogP contribution in [0.1, 0.15) is 9.75 Å². The summed E-state index contributed by atoms with van der Waals surface area (Å²) in [5.74, 6) is 0. The summed E-state index contributed by atoms with van der Waals surface area (Å²) in [5.41, 5.74) is 0. The van der Waals surface area contributed by atoms with E-state index >= 15 is 0 Å². The second-order valence-electron chi connectivity index (χ2n) is 3.67. The van der Waals surface area contributed by atoms with Crippen molar-refractivity contribution in [3.05, 3.63) is 37.6 Å². The smallest absolute Gasteiger partial charge is 0.217 e. The number of rotatable bonds is 3. The van der Waals surface area contributed by atoms with Crippen molar-refractivity contribution in [3.63, 3.8) is 0 Å². The van der Waals surface area contributed by atoms with E-state index in [1.54, 1.807) is 17.5 Å². The Morgan fingerprint density at radius 2 is 2.26 bits per heavy atom. The van der Waals surface area contributed by atoms with Gasteiger partial charge in [0.25, 0.3) is 0 Å². The zero-order valence-corrected chi connectivity index (χ0v) is 13.2. The molecular formula is C12H9NO2S4. The summed E-state index contributed by atoms with van der Waals surface area (Å²) >= 11 is 6.94. The summed E-state index contributed by atoms with van der Waals surface area (Å²) in [5, 5.41) is 12.3. The number of hydrogen-bond donors (Lipinski definition) is 1. The van der Waals surface area contributed by atoms with Crippen LogP contribution in [0.2, 0.25) is 0 Å². The van der Waals surface area contributed by atoms with E-state index in [0.717, 1.165) is 9.77 Å². The molecule has 2 aromatic rings. The fraction of sp³-hybridized carbons (Fsp3) is 0.0833. The number of nitriles is 1. The largest absolute Gasteiger partial charge is 0.218 e. The Hall–Kier alpha value is -1.07. The second-order valence-corrected chi connectivity index (χ2v) is 8.14. The Morgan fingerprint density at radius 1 is 1.53 bits per heavy atom. The predicted molar refractivity (Wildman–Crippen MR) is 81.4 cm³/mol. The third-order valence-electron chi connectivity index (χ3n) is 2.39. The molecule has 0 radical (unpaired) electrons. The fourth-order valence-electron chi connectivity index (χ4n) is 1.40. The predicted octanol–water partition coefficient (Wildman–Crippen LogP) is 3.75. The SMILES string of the molecule is Cc1sc(/C=C(\C#N)S(=O)(=O)c2ccsc2)cc1S. The number of thiophene rings is 2. The van der Waals surface area contributed by atoms with Crippen molar-refractivity contribution in [1.29, 1.82) is 5.26 Å². The van der Waals surface area contributed by atoms with E-state index in [4.69, 9.17) is 5.26 Å². The first-order valence-electron chi connectivity index (χ1n) is 5.13. The highest BCUT2D eigenvalue weighted by atomic mass is 32.2. The molecule has 0 bridgehead atoms. The third kappa shape index (κ3) is 2.92. The van der Waals surface area contributed by atoms with Gasteiger partial charge in [-0.3, -0.25) is 0 Å². The van der Waals surface area contributed by atoms with Gasteiger partial charge in [0.1, 0.15) is 6.07 Å². The second kappa shape index (κ2) is 5.51. The standard InChI is InChI=1S/C12H9NO2S4/c1-8-12(16)5-9(18-8)4-11(6-13)19(14,15)10-2-3-17-7-10/h2-5,7,16H,1H3/b11-4+. The molecule has 0 saturated heterocycles. The first-order chi connectivity index (χ1) is 8.95. The van der Waals surface area contributed by atoms with Crippen LogP contribution in [0.15, 0.2) is 37.6 Å². The number of thiol groups is 1. The van der Waals surface area contributed by atoms with Gasteiger partial charge < -0.3 is 0 Å². The Morgan fingerprint density at radius 3 is 2.74 bits per heavy atom. The first kappa shape index (κ1) is 14.3. The molecule has 0 spiro atoms. The summed E-state index contributed by atoms with van der Waals surface area (Å²) in [6.07, 6.45) is 1.39. The van der Waals surface area contributed by atoms with Crippen molar-refractivity contribution >= 4 is 51.2 Å². The van der Waals surface area contributed by atoms with Crippen LogP contribution in [-0.4, -0.2) is 8.42 Å². The molecule has 0 unspecified atom stereocenters. The molecule has 0 amide bonds. The van der Waals surface area contributed by atoms with Crippen molar-refractivity contribution in [2.24, 2.45) is 0 Å². The highest BCUT2D eigenvalue weighted by Gasteiger charge is 2.21. The molecule has 0 saturated carbocycles. The van der Waals surface area contributed by atoms with E-state index in [9.17, 15) is 8.42 Å². The number of nitrogens with zero attached hydrogens (tertiary/aromatic N) is 1. The van der Waals surface area contributed by atoms with Gasteiger partial charge in [-0.2, -0.15) is 16.6 Å². The maximum Gasteiger partial charge on any atom is 0.217 e. The molecule has 0 aromatic carbocycles. The summed E-state index contributed by atoms with van der Waals surface area (Å²) in [4.78, 5) is 2.39. The van der Waals surface area contributed by atoms with Crippen molar-refractivity contribution in [2.75, 3.05) is 0 Å². The summed E-state index contributed by atoms with van der Waals surface area (Å²) in [6.45, 7) is 1.89. The van der Waals surface area contributed by atoms with Crippen LogP contribution in [0.4, 0.5) is 0 Å². The third-order valence-corrected chi connectivity index (χ3v) is 6.50. The van der Waals surface area contributed by atoms with E-state index < -0.39 is 9.84 Å².